The van der Waals surface area contributed by atoms with Gasteiger partial charge in [-0.3, -0.25) is 14.4 Å². The molecule has 0 unspecified atom stereocenters. The number of carbonyl (C=O) groups excluding carboxylic acids is 3. The Morgan fingerprint density at radius 1 is 1.12 bits per heavy atom. The molecular weight excluding hydrogens is 540 g/mol. The number of amides is 3. The van der Waals surface area contributed by atoms with Crippen LogP contribution < -0.4 is 15.0 Å². The molecule has 1 aliphatic rings. The lowest BCUT2D eigenvalue weighted by Crippen LogP contribution is -2.27. The molecule has 1 saturated heterocycles. The summed E-state index contributed by atoms with van der Waals surface area (Å²) in [5.74, 6) is -0.223. The molecule has 0 spiro atoms. The Labute approximate surface area is 214 Å². The number of thioether (sulfide) groups is 1. The minimum atomic E-state index is -0.415. The van der Waals surface area contributed by atoms with Gasteiger partial charge < -0.3 is 10.1 Å². The first-order valence-electron chi connectivity index (χ1n) is 10.1. The zero-order chi connectivity index (χ0) is 24.2. The Hall–Kier alpha value is -3.07. The smallest absolute Gasteiger partial charge is 0.298 e. The molecule has 3 amide bonds. The van der Waals surface area contributed by atoms with Gasteiger partial charge in [0.15, 0.2) is 6.61 Å². The molecule has 3 aromatic carbocycles. The molecule has 1 N–H and O–H groups in total. The predicted octanol–water partition coefficient (Wildman–Crippen LogP) is 6.67. The maximum absolute atomic E-state index is 12.8. The van der Waals surface area contributed by atoms with E-state index >= 15 is 0 Å². The molecule has 0 aromatic heterocycles. The van der Waals surface area contributed by atoms with Gasteiger partial charge in [-0.05, 0) is 88.7 Å². The van der Waals surface area contributed by atoms with E-state index in [1.165, 1.54) is 0 Å². The van der Waals surface area contributed by atoms with Gasteiger partial charge in [-0.25, -0.2) is 4.90 Å². The van der Waals surface area contributed by atoms with Crippen LogP contribution in [0, 0.1) is 6.92 Å². The molecular formula is C25H18BrClN2O4S. The van der Waals surface area contributed by atoms with Crippen molar-refractivity contribution in [2.75, 3.05) is 16.8 Å². The Kier molecular flexibility index (Phi) is 7.41. The van der Waals surface area contributed by atoms with Crippen molar-refractivity contribution < 1.29 is 19.1 Å². The third-order valence-electron chi connectivity index (χ3n) is 4.81. The summed E-state index contributed by atoms with van der Waals surface area (Å²) in [4.78, 5) is 38.8. The van der Waals surface area contributed by atoms with Crippen molar-refractivity contribution >= 4 is 73.8 Å². The van der Waals surface area contributed by atoms with Gasteiger partial charge in [0.2, 0.25) is 0 Å². The zero-order valence-corrected chi connectivity index (χ0v) is 21.0. The summed E-state index contributed by atoms with van der Waals surface area (Å²) in [5, 5.41) is 2.82. The molecule has 0 aliphatic carbocycles. The van der Waals surface area contributed by atoms with Crippen LogP contribution in [0.5, 0.6) is 5.75 Å². The molecule has 1 fully saturated rings. The fraction of sp³-hybridized carbons (Fsp3) is 0.0800. The number of benzene rings is 3. The van der Waals surface area contributed by atoms with Gasteiger partial charge in [0.05, 0.1) is 15.1 Å². The molecule has 3 aromatic rings. The van der Waals surface area contributed by atoms with Gasteiger partial charge in [0.1, 0.15) is 5.75 Å². The highest BCUT2D eigenvalue weighted by atomic mass is 79.9. The highest BCUT2D eigenvalue weighted by Gasteiger charge is 2.36. The second kappa shape index (κ2) is 10.5. The van der Waals surface area contributed by atoms with Gasteiger partial charge >= 0.3 is 0 Å². The Balaban J connectivity index is 1.41. The summed E-state index contributed by atoms with van der Waals surface area (Å²) in [6, 6.07) is 19.2. The van der Waals surface area contributed by atoms with E-state index in [1.807, 2.05) is 31.2 Å². The molecule has 0 atom stereocenters. The van der Waals surface area contributed by atoms with Crippen molar-refractivity contribution in [2.45, 2.75) is 6.92 Å². The summed E-state index contributed by atoms with van der Waals surface area (Å²) in [6.45, 7) is 1.81. The van der Waals surface area contributed by atoms with E-state index in [0.29, 0.717) is 37.1 Å². The molecule has 0 radical (unpaired) electrons. The normalized spacial score (nSPS) is 14.6. The maximum Gasteiger partial charge on any atom is 0.298 e. The molecule has 0 saturated carbocycles. The first-order chi connectivity index (χ1) is 16.3. The lowest BCUT2D eigenvalue weighted by atomic mass is 10.2. The number of nitrogens with zero attached hydrogens (tertiary/aromatic N) is 1. The first-order valence-corrected chi connectivity index (χ1v) is 12.1. The summed E-state index contributed by atoms with van der Waals surface area (Å²) in [5.41, 5.74) is 2.92. The summed E-state index contributed by atoms with van der Waals surface area (Å²) < 4.78 is 6.23. The summed E-state index contributed by atoms with van der Waals surface area (Å²) in [6.07, 6.45) is 1.63. The van der Waals surface area contributed by atoms with Crippen LogP contribution in [0.15, 0.2) is 76.1 Å². The number of nitrogens with one attached hydrogen (secondary N) is 1. The molecule has 1 aliphatic heterocycles. The van der Waals surface area contributed by atoms with Gasteiger partial charge in [-0.1, -0.05) is 41.4 Å². The summed E-state index contributed by atoms with van der Waals surface area (Å²) in [7, 11) is 0. The Bertz CT molecular complexity index is 1310. The number of anilines is 2. The molecule has 34 heavy (non-hydrogen) atoms. The number of aryl methyl sites for hydroxylation is 1. The minimum absolute atomic E-state index is 0.162. The second-order valence-electron chi connectivity index (χ2n) is 7.39. The van der Waals surface area contributed by atoms with Crippen LogP contribution in [-0.4, -0.2) is 23.7 Å². The van der Waals surface area contributed by atoms with Crippen LogP contribution in [0.3, 0.4) is 0 Å². The van der Waals surface area contributed by atoms with Gasteiger partial charge in [0.25, 0.3) is 17.1 Å². The second-order valence-corrected chi connectivity index (χ2v) is 9.67. The van der Waals surface area contributed by atoms with Crippen molar-refractivity contribution in [3.8, 4) is 5.75 Å². The van der Waals surface area contributed by atoms with Gasteiger partial charge in [-0.15, -0.1) is 0 Å². The van der Waals surface area contributed by atoms with Crippen LogP contribution in [0.1, 0.15) is 11.1 Å². The van der Waals surface area contributed by atoms with Crippen LogP contribution in [-0.2, 0) is 9.59 Å². The van der Waals surface area contributed by atoms with Crippen LogP contribution >= 0.6 is 39.3 Å². The number of ether oxygens (including phenoxy) is 1. The highest BCUT2D eigenvalue weighted by molar-refractivity contribution is 9.10. The number of halogens is 2. The van der Waals surface area contributed by atoms with Crippen molar-refractivity contribution in [3.63, 3.8) is 0 Å². The molecule has 172 valence electrons. The fourth-order valence-corrected chi connectivity index (χ4v) is 4.69. The molecule has 0 bridgehead atoms. The standard InChI is InChI=1S/C25H18BrClN2O4S/c1-15-5-8-18(9-6-15)28-23(30)14-33-21-10-7-16(11-20(21)26)12-22-24(31)29(25(32)34-22)19-4-2-3-17(27)13-19/h2-13H,14H2,1H3,(H,28,30)/b22-12+. The zero-order valence-electron chi connectivity index (χ0n) is 17.9. The van der Waals surface area contributed by atoms with Crippen molar-refractivity contribution in [3.05, 3.63) is 92.3 Å². The number of hydrogen-bond acceptors (Lipinski definition) is 5. The van der Waals surface area contributed by atoms with Crippen LogP contribution in [0.2, 0.25) is 5.02 Å². The molecule has 1 heterocycles. The maximum atomic E-state index is 12.8. The quantitative estimate of drug-likeness (QED) is 0.343. The Morgan fingerprint density at radius 3 is 2.59 bits per heavy atom. The average molecular weight is 558 g/mol. The number of imide groups is 1. The Morgan fingerprint density at radius 2 is 1.88 bits per heavy atom. The minimum Gasteiger partial charge on any atom is -0.483 e. The van der Waals surface area contributed by atoms with E-state index in [4.69, 9.17) is 16.3 Å². The van der Waals surface area contributed by atoms with Crippen LogP contribution in [0.4, 0.5) is 16.2 Å². The van der Waals surface area contributed by atoms with Crippen LogP contribution in [0.25, 0.3) is 6.08 Å². The van der Waals surface area contributed by atoms with E-state index in [1.54, 1.807) is 48.5 Å². The third-order valence-corrected chi connectivity index (χ3v) is 6.53. The van der Waals surface area contributed by atoms with E-state index in [2.05, 4.69) is 21.2 Å². The van der Waals surface area contributed by atoms with E-state index in [-0.39, 0.29) is 12.5 Å². The lowest BCUT2D eigenvalue weighted by molar-refractivity contribution is -0.118. The van der Waals surface area contributed by atoms with Gasteiger partial charge in [0, 0.05) is 10.7 Å². The summed E-state index contributed by atoms with van der Waals surface area (Å²) >= 11 is 10.3. The number of hydrogen-bond donors (Lipinski definition) is 1. The molecule has 4 rings (SSSR count). The van der Waals surface area contributed by atoms with E-state index in [9.17, 15) is 14.4 Å². The topological polar surface area (TPSA) is 75.7 Å². The number of rotatable bonds is 6. The molecule has 9 heteroatoms. The van der Waals surface area contributed by atoms with E-state index in [0.717, 1.165) is 22.2 Å². The first kappa shape index (κ1) is 24.1. The average Bonchev–Trinajstić information content (AvgIpc) is 3.07. The third kappa shape index (κ3) is 5.70. The van der Waals surface area contributed by atoms with Crippen molar-refractivity contribution in [1.29, 1.82) is 0 Å². The SMILES string of the molecule is Cc1ccc(NC(=O)COc2ccc(/C=C3/SC(=O)N(c4cccc(Cl)c4)C3=O)cc2Br)cc1. The predicted molar refractivity (Wildman–Crippen MR) is 139 cm³/mol. The largest absolute Gasteiger partial charge is 0.483 e. The highest BCUT2D eigenvalue weighted by Crippen LogP contribution is 2.37. The molecule has 6 nitrogen and oxygen atoms in total. The fourth-order valence-electron chi connectivity index (χ4n) is 3.16. The number of carbonyl (C=O) groups is 3. The van der Waals surface area contributed by atoms with Crippen molar-refractivity contribution in [2.24, 2.45) is 0 Å². The van der Waals surface area contributed by atoms with Crippen molar-refractivity contribution in [1.82, 2.24) is 0 Å². The lowest BCUT2D eigenvalue weighted by Gasteiger charge is -2.12. The monoisotopic (exact) mass is 556 g/mol. The van der Waals surface area contributed by atoms with E-state index < -0.39 is 11.1 Å². The van der Waals surface area contributed by atoms with Gasteiger partial charge in [-0.2, -0.15) is 0 Å².